The van der Waals surface area contributed by atoms with Crippen LogP contribution in [-0.2, 0) is 16.1 Å². The molecule has 1 aliphatic heterocycles. The van der Waals surface area contributed by atoms with E-state index in [0.29, 0.717) is 6.42 Å². The molecule has 0 atom stereocenters. The van der Waals surface area contributed by atoms with Crippen LogP contribution in [0.2, 0.25) is 0 Å². The lowest BCUT2D eigenvalue weighted by Crippen LogP contribution is -2.28. The lowest BCUT2D eigenvalue weighted by atomic mass is 10.2. The molecule has 5 nitrogen and oxygen atoms in total. The summed E-state index contributed by atoms with van der Waals surface area (Å²) in [5, 5.41) is 6.22. The minimum Gasteiger partial charge on any atom is -0.383 e. The summed E-state index contributed by atoms with van der Waals surface area (Å²) in [5.41, 5.74) is 2.44. The normalized spacial score (nSPS) is 15.8. The molecule has 0 aromatic heterocycles. The van der Waals surface area contributed by atoms with Gasteiger partial charge in [0.2, 0.25) is 5.91 Å². The number of ether oxygens (including phenoxy) is 1. The van der Waals surface area contributed by atoms with Gasteiger partial charge in [-0.15, -0.1) is 0 Å². The molecule has 2 rings (SSSR count). The van der Waals surface area contributed by atoms with Crippen molar-refractivity contribution in [2.75, 3.05) is 44.8 Å². The monoisotopic (exact) mass is 277 g/mol. The van der Waals surface area contributed by atoms with Crippen molar-refractivity contribution in [1.82, 2.24) is 10.6 Å². The Morgan fingerprint density at radius 1 is 1.30 bits per heavy atom. The van der Waals surface area contributed by atoms with Crippen LogP contribution in [0.4, 0.5) is 5.69 Å². The molecule has 0 radical (unpaired) electrons. The van der Waals surface area contributed by atoms with Gasteiger partial charge in [-0.25, -0.2) is 0 Å². The van der Waals surface area contributed by atoms with E-state index in [1.54, 1.807) is 7.11 Å². The molecule has 1 saturated heterocycles. The maximum atomic E-state index is 11.3. The zero-order chi connectivity index (χ0) is 14.2. The SMILES string of the molecule is COCCNCc1ccc(N2CCNC(=O)CC2)cc1. The number of hydrogen-bond donors (Lipinski definition) is 2. The van der Waals surface area contributed by atoms with Crippen LogP contribution < -0.4 is 15.5 Å². The predicted molar refractivity (Wildman–Crippen MR) is 79.9 cm³/mol. The van der Waals surface area contributed by atoms with Gasteiger partial charge in [0.15, 0.2) is 0 Å². The number of rotatable bonds is 6. The number of nitrogens with one attached hydrogen (secondary N) is 2. The van der Waals surface area contributed by atoms with Gasteiger partial charge in [-0.05, 0) is 17.7 Å². The number of nitrogens with zero attached hydrogens (tertiary/aromatic N) is 1. The summed E-state index contributed by atoms with van der Waals surface area (Å²) >= 11 is 0. The lowest BCUT2D eigenvalue weighted by molar-refractivity contribution is -0.120. The molecule has 2 N–H and O–H groups in total. The molecular formula is C15H23N3O2. The Kier molecular flexibility index (Phi) is 5.83. The molecule has 0 aliphatic carbocycles. The Labute approximate surface area is 120 Å². The highest BCUT2D eigenvalue weighted by Gasteiger charge is 2.13. The van der Waals surface area contributed by atoms with E-state index in [4.69, 9.17) is 4.74 Å². The Bertz CT molecular complexity index is 420. The molecule has 110 valence electrons. The van der Waals surface area contributed by atoms with E-state index in [1.807, 2.05) is 0 Å². The number of methoxy groups -OCH3 is 1. The zero-order valence-electron chi connectivity index (χ0n) is 12.0. The van der Waals surface area contributed by atoms with E-state index in [0.717, 1.165) is 39.3 Å². The van der Waals surface area contributed by atoms with Crippen molar-refractivity contribution >= 4 is 11.6 Å². The highest BCUT2D eigenvalue weighted by molar-refractivity contribution is 5.77. The molecule has 1 aromatic carbocycles. The molecule has 1 amide bonds. The minimum absolute atomic E-state index is 0.145. The van der Waals surface area contributed by atoms with Crippen LogP contribution in [0.1, 0.15) is 12.0 Å². The second kappa shape index (κ2) is 7.87. The quantitative estimate of drug-likeness (QED) is 0.754. The number of anilines is 1. The second-order valence-corrected chi connectivity index (χ2v) is 4.92. The fourth-order valence-corrected chi connectivity index (χ4v) is 2.26. The number of benzene rings is 1. The fourth-order valence-electron chi connectivity index (χ4n) is 2.26. The molecule has 1 aliphatic rings. The van der Waals surface area contributed by atoms with Gasteiger partial charge in [-0.1, -0.05) is 12.1 Å². The van der Waals surface area contributed by atoms with Crippen molar-refractivity contribution in [3.05, 3.63) is 29.8 Å². The van der Waals surface area contributed by atoms with E-state index in [-0.39, 0.29) is 5.91 Å². The average Bonchev–Trinajstić information content (AvgIpc) is 2.69. The summed E-state index contributed by atoms with van der Waals surface area (Å²) in [6, 6.07) is 8.52. The van der Waals surface area contributed by atoms with Crippen LogP contribution in [-0.4, -0.2) is 45.8 Å². The number of amides is 1. The van der Waals surface area contributed by atoms with Crippen LogP contribution in [0.5, 0.6) is 0 Å². The maximum absolute atomic E-state index is 11.3. The van der Waals surface area contributed by atoms with Gasteiger partial charge in [0.1, 0.15) is 0 Å². The van der Waals surface area contributed by atoms with Crippen molar-refractivity contribution < 1.29 is 9.53 Å². The predicted octanol–water partition coefficient (Wildman–Crippen LogP) is 0.749. The van der Waals surface area contributed by atoms with Crippen molar-refractivity contribution in [2.45, 2.75) is 13.0 Å². The Morgan fingerprint density at radius 3 is 2.85 bits per heavy atom. The number of carbonyl (C=O) groups is 1. The molecule has 1 fully saturated rings. The first-order valence-electron chi connectivity index (χ1n) is 7.10. The third-order valence-corrected chi connectivity index (χ3v) is 3.43. The summed E-state index contributed by atoms with van der Waals surface area (Å²) in [7, 11) is 1.71. The Hall–Kier alpha value is -1.59. The molecule has 1 aromatic rings. The third-order valence-electron chi connectivity index (χ3n) is 3.43. The van der Waals surface area contributed by atoms with E-state index in [1.165, 1.54) is 11.3 Å². The summed E-state index contributed by atoms with van der Waals surface area (Å²) in [5.74, 6) is 0.145. The smallest absolute Gasteiger partial charge is 0.221 e. The van der Waals surface area contributed by atoms with E-state index in [2.05, 4.69) is 39.8 Å². The largest absolute Gasteiger partial charge is 0.383 e. The van der Waals surface area contributed by atoms with E-state index in [9.17, 15) is 4.79 Å². The van der Waals surface area contributed by atoms with Gasteiger partial charge in [0.05, 0.1) is 6.61 Å². The first-order valence-corrected chi connectivity index (χ1v) is 7.10. The lowest BCUT2D eigenvalue weighted by Gasteiger charge is -2.22. The molecular weight excluding hydrogens is 254 g/mol. The maximum Gasteiger partial charge on any atom is 0.221 e. The molecule has 1 heterocycles. The van der Waals surface area contributed by atoms with Crippen molar-refractivity contribution in [3.8, 4) is 0 Å². The van der Waals surface area contributed by atoms with Crippen LogP contribution in [0, 0.1) is 0 Å². The molecule has 0 bridgehead atoms. The Balaban J connectivity index is 1.85. The fraction of sp³-hybridized carbons (Fsp3) is 0.533. The van der Waals surface area contributed by atoms with Crippen LogP contribution in [0.25, 0.3) is 0 Å². The van der Waals surface area contributed by atoms with Gasteiger partial charge in [0, 0.05) is 51.9 Å². The highest BCUT2D eigenvalue weighted by Crippen LogP contribution is 2.16. The van der Waals surface area contributed by atoms with E-state index >= 15 is 0 Å². The van der Waals surface area contributed by atoms with E-state index < -0.39 is 0 Å². The second-order valence-electron chi connectivity index (χ2n) is 4.92. The van der Waals surface area contributed by atoms with Crippen LogP contribution in [0.3, 0.4) is 0 Å². The molecule has 5 heteroatoms. The summed E-state index contributed by atoms with van der Waals surface area (Å²) in [6.07, 6.45) is 0.570. The van der Waals surface area contributed by atoms with Crippen LogP contribution in [0.15, 0.2) is 24.3 Å². The van der Waals surface area contributed by atoms with Gasteiger partial charge >= 0.3 is 0 Å². The van der Waals surface area contributed by atoms with Gasteiger partial charge in [0.25, 0.3) is 0 Å². The summed E-state index contributed by atoms with van der Waals surface area (Å²) < 4.78 is 5.00. The molecule has 20 heavy (non-hydrogen) atoms. The summed E-state index contributed by atoms with van der Waals surface area (Å²) in [4.78, 5) is 13.6. The van der Waals surface area contributed by atoms with Gasteiger partial charge in [-0.3, -0.25) is 4.79 Å². The number of carbonyl (C=O) groups excluding carboxylic acids is 1. The first kappa shape index (κ1) is 14.8. The molecule has 0 saturated carbocycles. The van der Waals surface area contributed by atoms with Crippen LogP contribution >= 0.6 is 0 Å². The molecule has 0 spiro atoms. The average molecular weight is 277 g/mol. The topological polar surface area (TPSA) is 53.6 Å². The zero-order valence-corrected chi connectivity index (χ0v) is 12.0. The van der Waals surface area contributed by atoms with Crippen molar-refractivity contribution in [1.29, 1.82) is 0 Å². The number of hydrogen-bond acceptors (Lipinski definition) is 4. The van der Waals surface area contributed by atoms with Crippen molar-refractivity contribution in [3.63, 3.8) is 0 Å². The van der Waals surface area contributed by atoms with Crippen molar-refractivity contribution in [2.24, 2.45) is 0 Å². The third kappa shape index (κ3) is 4.51. The Morgan fingerprint density at radius 2 is 2.10 bits per heavy atom. The van der Waals surface area contributed by atoms with Gasteiger partial charge in [-0.2, -0.15) is 0 Å². The standard InChI is InChI=1S/C15H23N3O2/c1-20-11-8-16-12-13-2-4-14(5-3-13)18-9-6-15(19)17-7-10-18/h2-5,16H,6-12H2,1H3,(H,17,19). The minimum atomic E-state index is 0.145. The van der Waals surface area contributed by atoms with Gasteiger partial charge < -0.3 is 20.3 Å². The first-order chi connectivity index (χ1) is 9.79. The summed E-state index contributed by atoms with van der Waals surface area (Å²) in [6.45, 7) is 4.82. The highest BCUT2D eigenvalue weighted by atomic mass is 16.5. The molecule has 0 unspecified atom stereocenters.